The van der Waals surface area contributed by atoms with E-state index in [0.717, 1.165) is 13.0 Å². The molecule has 0 saturated heterocycles. The maximum absolute atomic E-state index is 5.85. The molecule has 0 unspecified atom stereocenters. The normalized spacial score (nSPS) is 16.5. The Bertz CT molecular complexity index is 513. The number of benzene rings is 1. The van der Waals surface area contributed by atoms with Crippen molar-refractivity contribution in [1.82, 2.24) is 4.98 Å². The predicted molar refractivity (Wildman–Crippen MR) is 73.5 cm³/mol. The van der Waals surface area contributed by atoms with E-state index in [2.05, 4.69) is 35.3 Å². The highest BCUT2D eigenvalue weighted by Gasteiger charge is 2.42. The minimum Gasteiger partial charge on any atom is -0.330 e. The number of pyridine rings is 1. The summed E-state index contributed by atoms with van der Waals surface area (Å²) in [7, 11) is 0. The van der Waals surface area contributed by atoms with E-state index in [-0.39, 0.29) is 0 Å². The Kier molecular flexibility index (Phi) is 2.88. The fraction of sp³-hybridized carbons (Fsp3) is 0.312. The number of nitrogens with two attached hydrogens (primary N) is 1. The molecule has 1 fully saturated rings. The molecule has 1 aromatic heterocycles. The summed E-state index contributed by atoms with van der Waals surface area (Å²) in [6.45, 7) is 0.773. The van der Waals surface area contributed by atoms with Crippen molar-refractivity contribution in [2.75, 3.05) is 6.54 Å². The fourth-order valence-electron chi connectivity index (χ4n) is 2.48. The minimum absolute atomic E-state index is 0.298. The lowest BCUT2D eigenvalue weighted by molar-refractivity contribution is 0.704. The maximum atomic E-state index is 5.85. The van der Waals surface area contributed by atoms with Crippen LogP contribution in [0.5, 0.6) is 0 Å². The van der Waals surface area contributed by atoms with Crippen LogP contribution in [0.1, 0.15) is 29.5 Å². The van der Waals surface area contributed by atoms with Crippen LogP contribution in [0.25, 0.3) is 0 Å². The zero-order valence-electron chi connectivity index (χ0n) is 10.5. The second-order valence-corrected chi connectivity index (χ2v) is 5.22. The first-order chi connectivity index (χ1) is 8.82. The standard InChI is InChI=1S/C16H18N2/c17-12-16(7-8-16)15-5-3-13(4-6-15)10-14-2-1-9-18-11-14/h1-6,9,11H,7-8,10,12,17H2. The molecule has 2 heteroatoms. The van der Waals surface area contributed by atoms with E-state index < -0.39 is 0 Å². The zero-order valence-corrected chi connectivity index (χ0v) is 10.5. The van der Waals surface area contributed by atoms with Crippen LogP contribution < -0.4 is 5.73 Å². The van der Waals surface area contributed by atoms with Gasteiger partial charge in [-0.1, -0.05) is 30.3 Å². The number of nitrogens with zero attached hydrogens (tertiary/aromatic N) is 1. The molecule has 18 heavy (non-hydrogen) atoms. The Balaban J connectivity index is 1.76. The summed E-state index contributed by atoms with van der Waals surface area (Å²) in [5.74, 6) is 0. The Labute approximate surface area is 108 Å². The molecule has 0 atom stereocenters. The monoisotopic (exact) mass is 238 g/mol. The van der Waals surface area contributed by atoms with Gasteiger partial charge in [0, 0.05) is 24.4 Å². The van der Waals surface area contributed by atoms with Crippen LogP contribution >= 0.6 is 0 Å². The van der Waals surface area contributed by atoms with Gasteiger partial charge in [0.05, 0.1) is 0 Å². The second kappa shape index (κ2) is 4.54. The molecule has 3 rings (SSSR count). The fourth-order valence-corrected chi connectivity index (χ4v) is 2.48. The molecular weight excluding hydrogens is 220 g/mol. The average molecular weight is 238 g/mol. The Morgan fingerprint density at radius 1 is 1.06 bits per heavy atom. The molecule has 1 heterocycles. The van der Waals surface area contributed by atoms with E-state index in [1.165, 1.54) is 29.5 Å². The van der Waals surface area contributed by atoms with Gasteiger partial charge in [0.25, 0.3) is 0 Å². The summed E-state index contributed by atoms with van der Waals surface area (Å²) in [5, 5.41) is 0. The van der Waals surface area contributed by atoms with E-state index in [0.29, 0.717) is 5.41 Å². The highest BCUT2D eigenvalue weighted by Crippen LogP contribution is 2.47. The first kappa shape index (κ1) is 11.4. The van der Waals surface area contributed by atoms with Crippen LogP contribution in [-0.4, -0.2) is 11.5 Å². The third kappa shape index (κ3) is 2.16. The summed E-state index contributed by atoms with van der Waals surface area (Å²) >= 11 is 0. The van der Waals surface area contributed by atoms with E-state index in [1.54, 1.807) is 0 Å². The van der Waals surface area contributed by atoms with Crippen molar-refractivity contribution < 1.29 is 0 Å². The van der Waals surface area contributed by atoms with Crippen molar-refractivity contribution in [3.05, 3.63) is 65.5 Å². The molecule has 1 aliphatic carbocycles. The van der Waals surface area contributed by atoms with Gasteiger partial charge in [-0.15, -0.1) is 0 Å². The summed E-state index contributed by atoms with van der Waals surface area (Å²) in [6.07, 6.45) is 7.17. The van der Waals surface area contributed by atoms with E-state index in [1.807, 2.05) is 18.5 Å². The van der Waals surface area contributed by atoms with Crippen molar-refractivity contribution in [2.45, 2.75) is 24.7 Å². The van der Waals surface area contributed by atoms with Crippen LogP contribution in [-0.2, 0) is 11.8 Å². The van der Waals surface area contributed by atoms with Gasteiger partial charge in [-0.25, -0.2) is 0 Å². The van der Waals surface area contributed by atoms with Crippen molar-refractivity contribution >= 4 is 0 Å². The minimum atomic E-state index is 0.298. The quantitative estimate of drug-likeness (QED) is 0.889. The molecule has 1 aromatic carbocycles. The molecule has 2 N–H and O–H groups in total. The third-order valence-electron chi connectivity index (χ3n) is 3.94. The van der Waals surface area contributed by atoms with E-state index in [9.17, 15) is 0 Å². The number of hydrogen-bond acceptors (Lipinski definition) is 2. The van der Waals surface area contributed by atoms with E-state index in [4.69, 9.17) is 5.73 Å². The van der Waals surface area contributed by atoms with Crippen LogP contribution in [0.4, 0.5) is 0 Å². The second-order valence-electron chi connectivity index (χ2n) is 5.22. The van der Waals surface area contributed by atoms with Crippen molar-refractivity contribution in [1.29, 1.82) is 0 Å². The smallest absolute Gasteiger partial charge is 0.0303 e. The van der Waals surface area contributed by atoms with Crippen LogP contribution in [0, 0.1) is 0 Å². The molecule has 1 aliphatic rings. The van der Waals surface area contributed by atoms with Crippen LogP contribution in [0.15, 0.2) is 48.8 Å². The molecule has 1 saturated carbocycles. The summed E-state index contributed by atoms with van der Waals surface area (Å²) in [4.78, 5) is 4.14. The van der Waals surface area contributed by atoms with Gasteiger partial charge in [0.1, 0.15) is 0 Å². The van der Waals surface area contributed by atoms with Gasteiger partial charge in [-0.05, 0) is 42.0 Å². The first-order valence-corrected chi connectivity index (χ1v) is 6.51. The summed E-state index contributed by atoms with van der Waals surface area (Å²) in [6, 6.07) is 13.0. The SMILES string of the molecule is NCC1(c2ccc(Cc3cccnc3)cc2)CC1. The van der Waals surface area contributed by atoms with Gasteiger partial charge in [0.2, 0.25) is 0 Å². The molecule has 0 amide bonds. The average Bonchev–Trinajstić information content (AvgIpc) is 3.22. The van der Waals surface area contributed by atoms with Crippen molar-refractivity contribution in [3.8, 4) is 0 Å². The summed E-state index contributed by atoms with van der Waals surface area (Å²) in [5.41, 5.74) is 10.1. The molecule has 2 nitrogen and oxygen atoms in total. The maximum Gasteiger partial charge on any atom is 0.0303 e. The number of aromatic nitrogens is 1. The largest absolute Gasteiger partial charge is 0.330 e. The predicted octanol–water partition coefficient (Wildman–Crippen LogP) is 2.66. The zero-order chi connectivity index (χ0) is 12.4. The van der Waals surface area contributed by atoms with Gasteiger partial charge < -0.3 is 5.73 Å². The van der Waals surface area contributed by atoms with Crippen LogP contribution in [0.2, 0.25) is 0 Å². The molecule has 0 aliphatic heterocycles. The van der Waals surface area contributed by atoms with Crippen LogP contribution in [0.3, 0.4) is 0 Å². The van der Waals surface area contributed by atoms with Crippen molar-refractivity contribution in [2.24, 2.45) is 5.73 Å². The highest BCUT2D eigenvalue weighted by atomic mass is 14.7. The number of rotatable bonds is 4. The Hall–Kier alpha value is -1.67. The van der Waals surface area contributed by atoms with E-state index >= 15 is 0 Å². The van der Waals surface area contributed by atoms with Crippen molar-refractivity contribution in [3.63, 3.8) is 0 Å². The molecule has 0 spiro atoms. The van der Waals surface area contributed by atoms with Gasteiger partial charge in [0.15, 0.2) is 0 Å². The van der Waals surface area contributed by atoms with Gasteiger partial charge in [-0.2, -0.15) is 0 Å². The molecule has 0 radical (unpaired) electrons. The summed E-state index contributed by atoms with van der Waals surface area (Å²) < 4.78 is 0. The topological polar surface area (TPSA) is 38.9 Å². The lowest BCUT2D eigenvalue weighted by Crippen LogP contribution is -2.19. The molecule has 2 aromatic rings. The first-order valence-electron chi connectivity index (χ1n) is 6.51. The lowest BCUT2D eigenvalue weighted by Gasteiger charge is -2.13. The lowest BCUT2D eigenvalue weighted by atomic mass is 9.94. The molecule has 92 valence electrons. The molecular formula is C16H18N2. The third-order valence-corrected chi connectivity index (χ3v) is 3.94. The number of hydrogen-bond donors (Lipinski definition) is 1. The van der Waals surface area contributed by atoms with Gasteiger partial charge >= 0.3 is 0 Å². The molecule has 0 bridgehead atoms. The Morgan fingerprint density at radius 3 is 2.39 bits per heavy atom. The highest BCUT2D eigenvalue weighted by molar-refractivity contribution is 5.35. The van der Waals surface area contributed by atoms with Gasteiger partial charge in [-0.3, -0.25) is 4.98 Å². The Morgan fingerprint density at radius 2 is 1.83 bits per heavy atom.